The van der Waals surface area contributed by atoms with Crippen LogP contribution in [0.2, 0.25) is 0 Å². The van der Waals surface area contributed by atoms with Crippen molar-refractivity contribution in [3.05, 3.63) is 12.2 Å². The zero-order valence-corrected chi connectivity index (χ0v) is 11.3. The van der Waals surface area contributed by atoms with Gasteiger partial charge in [0.05, 0.1) is 6.10 Å². The van der Waals surface area contributed by atoms with Crippen LogP contribution in [0.4, 0.5) is 0 Å². The summed E-state index contributed by atoms with van der Waals surface area (Å²) in [4.78, 5) is 4.25. The van der Waals surface area contributed by atoms with Crippen LogP contribution < -0.4 is 10.6 Å². The van der Waals surface area contributed by atoms with Crippen LogP contribution in [0.1, 0.15) is 32.1 Å². The van der Waals surface area contributed by atoms with Crippen LogP contribution in [0.15, 0.2) is 17.1 Å². The molecule has 1 aliphatic carbocycles. The van der Waals surface area contributed by atoms with E-state index in [-0.39, 0.29) is 0 Å². The van der Waals surface area contributed by atoms with E-state index in [1.54, 1.807) is 0 Å². The number of aliphatic imine (C=N–C) groups is 1. The van der Waals surface area contributed by atoms with Crippen molar-refractivity contribution in [3.8, 4) is 0 Å². The molecule has 18 heavy (non-hydrogen) atoms. The van der Waals surface area contributed by atoms with Gasteiger partial charge in [-0.2, -0.15) is 0 Å². The molecule has 0 aromatic carbocycles. The van der Waals surface area contributed by atoms with Gasteiger partial charge >= 0.3 is 0 Å². The number of rotatable bonds is 4. The first kappa shape index (κ1) is 13.4. The quantitative estimate of drug-likeness (QED) is 0.454. The van der Waals surface area contributed by atoms with Crippen LogP contribution in [0.3, 0.4) is 0 Å². The molecule has 1 heterocycles. The lowest BCUT2D eigenvalue weighted by atomic mass is 9.94. The molecule has 0 bridgehead atoms. The van der Waals surface area contributed by atoms with E-state index in [2.05, 4.69) is 27.8 Å². The van der Waals surface area contributed by atoms with Crippen LogP contribution in [-0.4, -0.2) is 38.8 Å². The molecular formula is C14H25N3O. The van der Waals surface area contributed by atoms with Crippen molar-refractivity contribution in [1.82, 2.24) is 10.6 Å². The Balaban J connectivity index is 1.63. The summed E-state index contributed by atoms with van der Waals surface area (Å²) in [5, 5.41) is 6.76. The molecule has 102 valence electrons. The van der Waals surface area contributed by atoms with Gasteiger partial charge in [0.2, 0.25) is 0 Å². The van der Waals surface area contributed by atoms with Crippen molar-refractivity contribution in [2.45, 2.75) is 38.2 Å². The van der Waals surface area contributed by atoms with Gasteiger partial charge in [0.1, 0.15) is 0 Å². The first-order chi connectivity index (χ1) is 8.88. The molecule has 0 radical (unpaired) electrons. The zero-order valence-electron chi connectivity index (χ0n) is 11.3. The van der Waals surface area contributed by atoms with Crippen molar-refractivity contribution in [1.29, 1.82) is 0 Å². The Bertz CT molecular complexity index is 295. The molecule has 2 atom stereocenters. The Kier molecular flexibility index (Phi) is 5.52. The summed E-state index contributed by atoms with van der Waals surface area (Å²) in [7, 11) is 1.83. The monoisotopic (exact) mass is 251 g/mol. The largest absolute Gasteiger partial charge is 0.376 e. The highest BCUT2D eigenvalue weighted by Gasteiger charge is 2.16. The minimum atomic E-state index is 0.362. The maximum atomic E-state index is 5.59. The molecule has 2 unspecified atom stereocenters. The molecule has 4 nitrogen and oxygen atoms in total. The Morgan fingerprint density at radius 2 is 2.17 bits per heavy atom. The van der Waals surface area contributed by atoms with E-state index >= 15 is 0 Å². The van der Waals surface area contributed by atoms with Crippen molar-refractivity contribution in [2.75, 3.05) is 26.7 Å². The summed E-state index contributed by atoms with van der Waals surface area (Å²) >= 11 is 0. The highest BCUT2D eigenvalue weighted by atomic mass is 16.5. The van der Waals surface area contributed by atoms with Crippen LogP contribution in [0.5, 0.6) is 0 Å². The van der Waals surface area contributed by atoms with E-state index in [1.165, 1.54) is 25.7 Å². The standard InChI is InChI=1S/C14H25N3O/c1-15-14(17-11-13-8-5-9-18-13)16-10-12-6-3-2-4-7-12/h2-3,12-13H,4-11H2,1H3,(H2,15,16,17). The molecule has 0 aromatic heterocycles. The lowest BCUT2D eigenvalue weighted by Crippen LogP contribution is -2.42. The minimum absolute atomic E-state index is 0.362. The summed E-state index contributed by atoms with van der Waals surface area (Å²) in [6, 6.07) is 0. The van der Waals surface area contributed by atoms with Gasteiger partial charge in [0.25, 0.3) is 0 Å². The van der Waals surface area contributed by atoms with E-state index in [0.717, 1.165) is 38.0 Å². The maximum absolute atomic E-state index is 5.59. The fraction of sp³-hybridized carbons (Fsp3) is 0.786. The number of hydrogen-bond acceptors (Lipinski definition) is 2. The first-order valence-corrected chi connectivity index (χ1v) is 7.09. The number of hydrogen-bond donors (Lipinski definition) is 2. The number of guanidine groups is 1. The third-order valence-electron chi connectivity index (χ3n) is 3.68. The first-order valence-electron chi connectivity index (χ1n) is 7.09. The zero-order chi connectivity index (χ0) is 12.6. The van der Waals surface area contributed by atoms with Crippen LogP contribution in [0.25, 0.3) is 0 Å². The lowest BCUT2D eigenvalue weighted by Gasteiger charge is -2.20. The van der Waals surface area contributed by atoms with Crippen molar-refractivity contribution >= 4 is 5.96 Å². The topological polar surface area (TPSA) is 45.7 Å². The number of ether oxygens (including phenoxy) is 1. The van der Waals surface area contributed by atoms with Gasteiger partial charge in [-0.25, -0.2) is 0 Å². The van der Waals surface area contributed by atoms with E-state index in [9.17, 15) is 0 Å². The molecule has 0 aromatic rings. The number of nitrogens with one attached hydrogen (secondary N) is 2. The van der Waals surface area contributed by atoms with Gasteiger partial charge in [0.15, 0.2) is 5.96 Å². The Hall–Kier alpha value is -1.03. The lowest BCUT2D eigenvalue weighted by molar-refractivity contribution is 0.114. The number of allylic oxidation sites excluding steroid dienone is 2. The van der Waals surface area contributed by atoms with E-state index in [4.69, 9.17) is 4.74 Å². The highest BCUT2D eigenvalue weighted by Crippen LogP contribution is 2.16. The molecule has 0 amide bonds. The summed E-state index contributed by atoms with van der Waals surface area (Å²) < 4.78 is 5.59. The Morgan fingerprint density at radius 1 is 1.28 bits per heavy atom. The van der Waals surface area contributed by atoms with E-state index in [0.29, 0.717) is 6.10 Å². The van der Waals surface area contributed by atoms with Crippen molar-refractivity contribution in [3.63, 3.8) is 0 Å². The molecule has 1 aliphatic heterocycles. The second kappa shape index (κ2) is 7.41. The molecule has 2 aliphatic rings. The average Bonchev–Trinajstić information content (AvgIpc) is 2.93. The molecular weight excluding hydrogens is 226 g/mol. The second-order valence-corrected chi connectivity index (χ2v) is 5.12. The van der Waals surface area contributed by atoms with Crippen LogP contribution in [-0.2, 0) is 4.74 Å². The third-order valence-corrected chi connectivity index (χ3v) is 3.68. The van der Waals surface area contributed by atoms with Gasteiger partial charge < -0.3 is 15.4 Å². The van der Waals surface area contributed by atoms with Crippen molar-refractivity contribution < 1.29 is 4.74 Å². The van der Waals surface area contributed by atoms with Gasteiger partial charge in [-0.15, -0.1) is 0 Å². The summed E-state index contributed by atoms with van der Waals surface area (Å²) in [5.74, 6) is 1.65. The smallest absolute Gasteiger partial charge is 0.191 e. The normalized spacial score (nSPS) is 28.4. The molecule has 1 saturated heterocycles. The SMILES string of the molecule is CN=C(NCC1CC=CCC1)NCC1CCCO1. The molecule has 2 N–H and O–H groups in total. The minimum Gasteiger partial charge on any atom is -0.376 e. The fourth-order valence-electron chi connectivity index (χ4n) is 2.52. The predicted molar refractivity (Wildman–Crippen MR) is 74.8 cm³/mol. The summed E-state index contributed by atoms with van der Waals surface area (Å²) in [6.45, 7) is 2.78. The van der Waals surface area contributed by atoms with Crippen molar-refractivity contribution in [2.24, 2.45) is 10.9 Å². The van der Waals surface area contributed by atoms with Gasteiger partial charge in [-0.3, -0.25) is 4.99 Å². The second-order valence-electron chi connectivity index (χ2n) is 5.12. The Labute approximate surface area is 110 Å². The number of nitrogens with zero attached hydrogens (tertiary/aromatic N) is 1. The van der Waals surface area contributed by atoms with E-state index in [1.807, 2.05) is 7.05 Å². The molecule has 0 spiro atoms. The van der Waals surface area contributed by atoms with Gasteiger partial charge in [-0.05, 0) is 38.0 Å². The third kappa shape index (κ3) is 4.33. The fourth-order valence-corrected chi connectivity index (χ4v) is 2.52. The summed E-state index contributed by atoms with van der Waals surface area (Å²) in [5.41, 5.74) is 0. The van der Waals surface area contributed by atoms with Crippen LogP contribution in [0, 0.1) is 5.92 Å². The molecule has 0 saturated carbocycles. The molecule has 1 fully saturated rings. The highest BCUT2D eigenvalue weighted by molar-refractivity contribution is 5.79. The average molecular weight is 251 g/mol. The summed E-state index contributed by atoms with van der Waals surface area (Å²) in [6.07, 6.45) is 11.0. The predicted octanol–water partition coefficient (Wildman–Crippen LogP) is 1.69. The maximum Gasteiger partial charge on any atom is 0.191 e. The van der Waals surface area contributed by atoms with Crippen LogP contribution >= 0.6 is 0 Å². The Morgan fingerprint density at radius 3 is 2.83 bits per heavy atom. The van der Waals surface area contributed by atoms with E-state index < -0.39 is 0 Å². The molecule has 4 heteroatoms. The molecule has 2 rings (SSSR count). The van der Waals surface area contributed by atoms with Gasteiger partial charge in [0, 0.05) is 26.7 Å². The van der Waals surface area contributed by atoms with Gasteiger partial charge in [-0.1, -0.05) is 12.2 Å².